The Balaban J connectivity index is 1.66. The van der Waals surface area contributed by atoms with Crippen LogP contribution in [0.3, 0.4) is 0 Å². The molecule has 2 N–H and O–H groups in total. The van der Waals surface area contributed by atoms with E-state index < -0.39 is 0 Å². The molecule has 2 nitrogen and oxygen atoms in total. The van der Waals surface area contributed by atoms with Crippen molar-refractivity contribution in [1.82, 2.24) is 10.6 Å². The summed E-state index contributed by atoms with van der Waals surface area (Å²) in [5, 5.41) is 7.90. The van der Waals surface area contributed by atoms with Gasteiger partial charge in [-0.15, -0.1) is 0 Å². The first-order valence-electron chi connectivity index (χ1n) is 7.31. The van der Waals surface area contributed by atoms with Gasteiger partial charge in [-0.25, -0.2) is 0 Å². The van der Waals surface area contributed by atoms with Crippen LogP contribution < -0.4 is 10.6 Å². The Morgan fingerprint density at radius 1 is 0.824 bits per heavy atom. The molecule has 0 aromatic rings. The van der Waals surface area contributed by atoms with Gasteiger partial charge in [-0.3, -0.25) is 0 Å². The molecule has 98 valence electrons. The first kappa shape index (κ1) is 13.1. The van der Waals surface area contributed by atoms with Crippen LogP contribution in [0.5, 0.6) is 0 Å². The van der Waals surface area contributed by atoms with E-state index in [1.54, 1.807) is 0 Å². The SMILES string of the molecule is CC1CCC(NC(=S)NC2CCCCC2)CC1. The Hall–Kier alpha value is -0.310. The lowest BCUT2D eigenvalue weighted by atomic mass is 9.87. The van der Waals surface area contributed by atoms with Crippen LogP contribution in [0.4, 0.5) is 0 Å². The Morgan fingerprint density at radius 3 is 1.94 bits per heavy atom. The third-order valence-corrected chi connectivity index (χ3v) is 4.53. The fourth-order valence-corrected chi connectivity index (χ4v) is 3.40. The van der Waals surface area contributed by atoms with E-state index in [1.807, 2.05) is 0 Å². The smallest absolute Gasteiger partial charge is 0.166 e. The summed E-state index contributed by atoms with van der Waals surface area (Å²) in [5.74, 6) is 0.910. The van der Waals surface area contributed by atoms with Crippen molar-refractivity contribution >= 4 is 17.3 Å². The van der Waals surface area contributed by atoms with E-state index in [2.05, 4.69) is 17.6 Å². The van der Waals surface area contributed by atoms with Gasteiger partial charge in [0.2, 0.25) is 0 Å². The highest BCUT2D eigenvalue weighted by molar-refractivity contribution is 7.80. The van der Waals surface area contributed by atoms with Crippen LogP contribution in [0.25, 0.3) is 0 Å². The van der Waals surface area contributed by atoms with Crippen LogP contribution >= 0.6 is 12.2 Å². The highest BCUT2D eigenvalue weighted by Crippen LogP contribution is 2.23. The minimum Gasteiger partial charge on any atom is -0.360 e. The minimum atomic E-state index is 0.620. The Labute approximate surface area is 111 Å². The molecule has 0 atom stereocenters. The summed E-state index contributed by atoms with van der Waals surface area (Å²) in [6.07, 6.45) is 12.0. The summed E-state index contributed by atoms with van der Waals surface area (Å²) in [5.41, 5.74) is 0. The third kappa shape index (κ3) is 4.46. The molecule has 17 heavy (non-hydrogen) atoms. The lowest BCUT2D eigenvalue weighted by Crippen LogP contribution is -2.47. The summed E-state index contributed by atoms with van der Waals surface area (Å²) >= 11 is 5.42. The molecule has 0 unspecified atom stereocenters. The maximum Gasteiger partial charge on any atom is 0.166 e. The highest BCUT2D eigenvalue weighted by Gasteiger charge is 2.20. The fourth-order valence-electron chi connectivity index (χ4n) is 3.06. The van der Waals surface area contributed by atoms with Gasteiger partial charge < -0.3 is 10.6 Å². The van der Waals surface area contributed by atoms with Gasteiger partial charge in [0.1, 0.15) is 0 Å². The monoisotopic (exact) mass is 254 g/mol. The molecule has 0 aliphatic heterocycles. The summed E-state index contributed by atoms with van der Waals surface area (Å²) in [6, 6.07) is 1.25. The molecule has 2 aliphatic carbocycles. The number of nitrogens with one attached hydrogen (secondary N) is 2. The lowest BCUT2D eigenvalue weighted by molar-refractivity contribution is 0.328. The van der Waals surface area contributed by atoms with Crippen molar-refractivity contribution in [3.8, 4) is 0 Å². The van der Waals surface area contributed by atoms with Gasteiger partial charge in [-0.1, -0.05) is 26.2 Å². The zero-order valence-electron chi connectivity index (χ0n) is 11.0. The van der Waals surface area contributed by atoms with Gasteiger partial charge in [0.25, 0.3) is 0 Å². The molecule has 0 aromatic heterocycles. The second-order valence-corrected chi connectivity index (χ2v) is 6.32. The standard InChI is InChI=1S/C14H26N2S/c1-11-7-9-13(10-8-11)16-14(17)15-12-5-3-2-4-6-12/h11-13H,2-10H2,1H3,(H2,15,16,17). The Kier molecular flexibility index (Phi) is 5.08. The van der Waals surface area contributed by atoms with E-state index in [0.717, 1.165) is 11.0 Å². The molecule has 0 spiro atoms. The van der Waals surface area contributed by atoms with E-state index in [9.17, 15) is 0 Å². The third-order valence-electron chi connectivity index (χ3n) is 4.29. The van der Waals surface area contributed by atoms with Crippen LogP contribution in [-0.2, 0) is 0 Å². The van der Waals surface area contributed by atoms with Crippen molar-refractivity contribution in [3.63, 3.8) is 0 Å². The highest BCUT2D eigenvalue weighted by atomic mass is 32.1. The Bertz CT molecular complexity index is 241. The van der Waals surface area contributed by atoms with Crippen molar-refractivity contribution in [2.24, 2.45) is 5.92 Å². The average molecular weight is 254 g/mol. The minimum absolute atomic E-state index is 0.620. The lowest BCUT2D eigenvalue weighted by Gasteiger charge is -2.30. The van der Waals surface area contributed by atoms with Crippen molar-refractivity contribution in [1.29, 1.82) is 0 Å². The van der Waals surface area contributed by atoms with E-state index in [4.69, 9.17) is 12.2 Å². The normalized spacial score (nSPS) is 30.9. The van der Waals surface area contributed by atoms with Crippen LogP contribution in [0, 0.1) is 5.92 Å². The van der Waals surface area contributed by atoms with Gasteiger partial charge in [0, 0.05) is 12.1 Å². The molecule has 0 aromatic carbocycles. The zero-order valence-corrected chi connectivity index (χ0v) is 11.8. The van der Waals surface area contributed by atoms with Gasteiger partial charge in [0.05, 0.1) is 0 Å². The quantitative estimate of drug-likeness (QED) is 0.739. The summed E-state index contributed by atoms with van der Waals surface area (Å²) < 4.78 is 0. The molecule has 0 radical (unpaired) electrons. The molecular weight excluding hydrogens is 228 g/mol. The molecule has 0 heterocycles. The van der Waals surface area contributed by atoms with E-state index >= 15 is 0 Å². The van der Waals surface area contributed by atoms with Crippen LogP contribution in [0.15, 0.2) is 0 Å². The predicted octanol–water partition coefficient (Wildman–Crippen LogP) is 3.36. The molecule has 2 fully saturated rings. The van der Waals surface area contributed by atoms with Crippen molar-refractivity contribution in [3.05, 3.63) is 0 Å². The maximum absolute atomic E-state index is 5.42. The molecule has 0 bridgehead atoms. The summed E-state index contributed by atoms with van der Waals surface area (Å²) in [6.45, 7) is 2.36. The summed E-state index contributed by atoms with van der Waals surface area (Å²) in [7, 11) is 0. The molecule has 2 aliphatic rings. The molecule has 0 amide bonds. The number of hydrogen-bond acceptors (Lipinski definition) is 1. The Morgan fingerprint density at radius 2 is 1.35 bits per heavy atom. The van der Waals surface area contributed by atoms with Crippen LogP contribution in [-0.4, -0.2) is 17.2 Å². The molecule has 2 rings (SSSR count). The van der Waals surface area contributed by atoms with Crippen LogP contribution in [0.1, 0.15) is 64.7 Å². The second kappa shape index (κ2) is 6.58. The zero-order chi connectivity index (χ0) is 12.1. The maximum atomic E-state index is 5.42. The fraction of sp³-hybridized carbons (Fsp3) is 0.929. The van der Waals surface area contributed by atoms with Gasteiger partial charge >= 0.3 is 0 Å². The average Bonchev–Trinajstić information content (AvgIpc) is 2.33. The molecule has 3 heteroatoms. The largest absolute Gasteiger partial charge is 0.360 e. The van der Waals surface area contributed by atoms with E-state index in [-0.39, 0.29) is 0 Å². The molecule has 0 saturated heterocycles. The number of rotatable bonds is 2. The number of hydrogen-bond donors (Lipinski definition) is 2. The first-order chi connectivity index (χ1) is 8.24. The molecular formula is C14H26N2S. The van der Waals surface area contributed by atoms with Gasteiger partial charge in [0.15, 0.2) is 5.11 Å². The van der Waals surface area contributed by atoms with E-state index in [1.165, 1.54) is 57.8 Å². The van der Waals surface area contributed by atoms with Crippen LogP contribution in [0.2, 0.25) is 0 Å². The first-order valence-corrected chi connectivity index (χ1v) is 7.72. The molecule has 2 saturated carbocycles. The number of thiocarbonyl (C=S) groups is 1. The van der Waals surface area contributed by atoms with Gasteiger partial charge in [-0.05, 0) is 56.7 Å². The van der Waals surface area contributed by atoms with E-state index in [0.29, 0.717) is 12.1 Å². The van der Waals surface area contributed by atoms with Crippen molar-refractivity contribution < 1.29 is 0 Å². The van der Waals surface area contributed by atoms with Crippen molar-refractivity contribution in [2.75, 3.05) is 0 Å². The predicted molar refractivity (Wildman–Crippen MR) is 77.2 cm³/mol. The second-order valence-electron chi connectivity index (χ2n) is 5.91. The topological polar surface area (TPSA) is 24.1 Å². The van der Waals surface area contributed by atoms with Crippen molar-refractivity contribution in [2.45, 2.75) is 76.8 Å². The van der Waals surface area contributed by atoms with Gasteiger partial charge in [-0.2, -0.15) is 0 Å². The summed E-state index contributed by atoms with van der Waals surface area (Å²) in [4.78, 5) is 0.